The van der Waals surface area contributed by atoms with Gasteiger partial charge in [-0.3, -0.25) is 9.59 Å². The highest BCUT2D eigenvalue weighted by Crippen LogP contribution is 2.21. The smallest absolute Gasteiger partial charge is 0.304 e. The fourth-order valence-corrected chi connectivity index (χ4v) is 3.83. The number of amides is 1. The number of rotatable bonds is 8. The van der Waals surface area contributed by atoms with E-state index in [0.29, 0.717) is 17.9 Å². The maximum Gasteiger partial charge on any atom is 0.304 e. The number of aryl methyl sites for hydroxylation is 1. The number of aromatic nitrogens is 2. The van der Waals surface area contributed by atoms with E-state index in [0.717, 1.165) is 16.8 Å². The van der Waals surface area contributed by atoms with Crippen LogP contribution in [0.4, 0.5) is 0 Å². The Bertz CT molecular complexity index is 672. The number of nitrogens with zero attached hydrogens (tertiary/aromatic N) is 2. The first-order valence-corrected chi connectivity index (χ1v) is 9.23. The first kappa shape index (κ1) is 16.7. The molecule has 1 aromatic carbocycles. The molecule has 0 radical (unpaired) electrons. The van der Waals surface area contributed by atoms with Crippen LogP contribution in [0.1, 0.15) is 16.8 Å². The number of nitrogens with one attached hydrogen (secondary N) is 1. The molecule has 0 spiro atoms. The second kappa shape index (κ2) is 8.09. The molecule has 0 atom stereocenters. The summed E-state index contributed by atoms with van der Waals surface area (Å²) in [5.74, 6) is 0.399. The Morgan fingerprint density at radius 3 is 2.86 bits per heavy atom. The highest BCUT2D eigenvalue weighted by Gasteiger charge is 2.12. The summed E-state index contributed by atoms with van der Waals surface area (Å²) in [4.78, 5) is 26.8. The first-order chi connectivity index (χ1) is 10.6. The minimum atomic E-state index is -0.786. The summed E-state index contributed by atoms with van der Waals surface area (Å²) in [6, 6.07) is 5.48. The van der Waals surface area contributed by atoms with Gasteiger partial charge < -0.3 is 15.0 Å². The maximum absolute atomic E-state index is 12.2. The largest absolute Gasteiger partial charge is 0.481 e. The number of imidazole rings is 1. The third-order valence-electron chi connectivity index (χ3n) is 2.94. The zero-order chi connectivity index (χ0) is 15.9. The van der Waals surface area contributed by atoms with Crippen molar-refractivity contribution in [2.75, 3.05) is 18.1 Å². The van der Waals surface area contributed by atoms with Gasteiger partial charge in [-0.05, 0) is 12.1 Å². The Balaban J connectivity index is 1.80. The van der Waals surface area contributed by atoms with Crippen molar-refractivity contribution in [1.29, 1.82) is 0 Å². The number of fused-ring (bicyclic) bond motifs is 1. The number of hydrogen-bond acceptors (Lipinski definition) is 5. The molecule has 0 aliphatic carbocycles. The molecular formula is C14H17N3O3S2. The summed E-state index contributed by atoms with van der Waals surface area (Å²) >= 11 is 0. The molecule has 1 amide bonds. The van der Waals surface area contributed by atoms with Crippen molar-refractivity contribution in [3.8, 4) is 0 Å². The van der Waals surface area contributed by atoms with Crippen molar-refractivity contribution in [1.82, 2.24) is 14.9 Å². The number of aliphatic carboxylic acids is 1. The van der Waals surface area contributed by atoms with Crippen molar-refractivity contribution in [2.24, 2.45) is 7.05 Å². The number of carboxylic acid groups (broad SMARTS) is 1. The molecule has 22 heavy (non-hydrogen) atoms. The Morgan fingerprint density at radius 1 is 1.32 bits per heavy atom. The van der Waals surface area contributed by atoms with E-state index in [1.165, 1.54) is 10.8 Å². The quantitative estimate of drug-likeness (QED) is 0.566. The zero-order valence-electron chi connectivity index (χ0n) is 12.1. The van der Waals surface area contributed by atoms with Crippen LogP contribution >= 0.6 is 21.6 Å². The molecule has 0 unspecified atom stereocenters. The van der Waals surface area contributed by atoms with E-state index in [-0.39, 0.29) is 12.3 Å². The fourth-order valence-electron chi connectivity index (χ4n) is 1.94. The fraction of sp³-hybridized carbons (Fsp3) is 0.357. The number of carboxylic acids is 1. The third-order valence-corrected chi connectivity index (χ3v) is 5.34. The Kier molecular flexibility index (Phi) is 6.14. The summed E-state index contributed by atoms with van der Waals surface area (Å²) in [6.07, 6.45) is 1.85. The summed E-state index contributed by atoms with van der Waals surface area (Å²) in [7, 11) is 4.93. The van der Waals surface area contributed by atoms with Gasteiger partial charge >= 0.3 is 5.97 Å². The van der Waals surface area contributed by atoms with E-state index in [1.54, 1.807) is 23.2 Å². The second-order valence-corrected chi connectivity index (χ2v) is 7.27. The standard InChI is InChI=1S/C14H17N3O3S2/c1-17-9-16-11-4-2-3-10(13(11)17)14(20)15-6-8-22-21-7-5-12(18)19/h2-4,9H,5-8H2,1H3,(H,15,20)(H,18,19). The lowest BCUT2D eigenvalue weighted by Gasteiger charge is -2.07. The van der Waals surface area contributed by atoms with Crippen molar-refractivity contribution < 1.29 is 14.7 Å². The number of benzene rings is 1. The van der Waals surface area contributed by atoms with Crippen LogP contribution in [0.2, 0.25) is 0 Å². The molecule has 2 aromatic rings. The summed E-state index contributed by atoms with van der Waals surface area (Å²) in [5, 5.41) is 11.4. The van der Waals surface area contributed by atoms with Crippen LogP contribution in [0, 0.1) is 0 Å². The molecular weight excluding hydrogens is 322 g/mol. The SMILES string of the molecule is Cn1cnc2cccc(C(=O)NCCSSCCC(=O)O)c21. The molecule has 1 aromatic heterocycles. The lowest BCUT2D eigenvalue weighted by Crippen LogP contribution is -2.26. The topological polar surface area (TPSA) is 84.2 Å². The molecule has 2 N–H and O–H groups in total. The average Bonchev–Trinajstić information content (AvgIpc) is 2.87. The monoisotopic (exact) mass is 339 g/mol. The van der Waals surface area contributed by atoms with Crippen LogP contribution in [0.15, 0.2) is 24.5 Å². The van der Waals surface area contributed by atoms with E-state index in [2.05, 4.69) is 10.3 Å². The molecule has 0 aliphatic heterocycles. The maximum atomic E-state index is 12.2. The van der Waals surface area contributed by atoms with Crippen molar-refractivity contribution in [3.05, 3.63) is 30.1 Å². The van der Waals surface area contributed by atoms with Crippen LogP contribution in [-0.2, 0) is 11.8 Å². The summed E-state index contributed by atoms with van der Waals surface area (Å²) < 4.78 is 1.83. The normalized spacial score (nSPS) is 10.8. The van der Waals surface area contributed by atoms with Gasteiger partial charge in [0.2, 0.25) is 0 Å². The van der Waals surface area contributed by atoms with Gasteiger partial charge in [-0.15, -0.1) is 0 Å². The first-order valence-electron chi connectivity index (χ1n) is 6.74. The average molecular weight is 339 g/mol. The van der Waals surface area contributed by atoms with E-state index in [4.69, 9.17) is 5.11 Å². The van der Waals surface area contributed by atoms with Gasteiger partial charge in [-0.25, -0.2) is 4.98 Å². The minimum absolute atomic E-state index is 0.120. The Labute approximate surface area is 136 Å². The molecule has 2 rings (SSSR count). The van der Waals surface area contributed by atoms with E-state index in [9.17, 15) is 9.59 Å². The Hall–Kier alpha value is -1.67. The van der Waals surface area contributed by atoms with Crippen LogP contribution in [0.5, 0.6) is 0 Å². The molecule has 0 fully saturated rings. The molecule has 6 nitrogen and oxygen atoms in total. The second-order valence-electron chi connectivity index (χ2n) is 4.57. The van der Waals surface area contributed by atoms with Crippen LogP contribution in [0.25, 0.3) is 11.0 Å². The predicted octanol–water partition coefficient (Wildman–Crippen LogP) is 2.16. The lowest BCUT2D eigenvalue weighted by atomic mass is 10.1. The van der Waals surface area contributed by atoms with E-state index in [1.807, 2.05) is 23.7 Å². The number of hydrogen-bond donors (Lipinski definition) is 2. The molecule has 0 bridgehead atoms. The number of carbonyl (C=O) groups is 2. The summed E-state index contributed by atoms with van der Waals surface area (Å²) in [5.41, 5.74) is 2.23. The van der Waals surface area contributed by atoms with E-state index >= 15 is 0 Å². The summed E-state index contributed by atoms with van der Waals surface area (Å²) in [6.45, 7) is 0.539. The highest BCUT2D eigenvalue weighted by atomic mass is 33.1. The minimum Gasteiger partial charge on any atom is -0.481 e. The number of carbonyl (C=O) groups excluding carboxylic acids is 1. The zero-order valence-corrected chi connectivity index (χ0v) is 13.7. The van der Waals surface area contributed by atoms with Gasteiger partial charge in [0, 0.05) is 25.1 Å². The van der Waals surface area contributed by atoms with Crippen LogP contribution in [0.3, 0.4) is 0 Å². The Morgan fingerprint density at radius 2 is 2.09 bits per heavy atom. The molecule has 0 saturated carbocycles. The third kappa shape index (κ3) is 4.41. The van der Waals surface area contributed by atoms with Gasteiger partial charge in [0.15, 0.2) is 0 Å². The lowest BCUT2D eigenvalue weighted by molar-refractivity contribution is -0.136. The van der Waals surface area contributed by atoms with Crippen molar-refractivity contribution >= 4 is 44.5 Å². The molecule has 118 valence electrons. The van der Waals surface area contributed by atoms with Gasteiger partial charge in [-0.2, -0.15) is 0 Å². The molecule has 8 heteroatoms. The van der Waals surface area contributed by atoms with Gasteiger partial charge in [0.05, 0.1) is 29.3 Å². The molecule has 0 aliphatic rings. The number of para-hydroxylation sites is 1. The molecule has 0 saturated heterocycles. The van der Waals surface area contributed by atoms with Gasteiger partial charge in [0.25, 0.3) is 5.91 Å². The van der Waals surface area contributed by atoms with E-state index < -0.39 is 5.97 Å². The van der Waals surface area contributed by atoms with Crippen molar-refractivity contribution in [3.63, 3.8) is 0 Å². The van der Waals surface area contributed by atoms with Gasteiger partial charge in [0.1, 0.15) is 0 Å². The predicted molar refractivity (Wildman–Crippen MR) is 90.2 cm³/mol. The van der Waals surface area contributed by atoms with Crippen molar-refractivity contribution in [2.45, 2.75) is 6.42 Å². The van der Waals surface area contributed by atoms with Crippen LogP contribution < -0.4 is 5.32 Å². The highest BCUT2D eigenvalue weighted by molar-refractivity contribution is 8.76. The van der Waals surface area contributed by atoms with Gasteiger partial charge in [-0.1, -0.05) is 27.7 Å². The molecule has 1 heterocycles. The van der Waals surface area contributed by atoms with Crippen LogP contribution in [-0.4, -0.2) is 44.6 Å².